The molecule has 0 spiro atoms. The van der Waals surface area contributed by atoms with Gasteiger partial charge in [0, 0.05) is 41.7 Å². The zero-order chi connectivity index (χ0) is 29.9. The molecular weight excluding hydrogens is 506 g/mol. The van der Waals surface area contributed by atoms with Crippen molar-refractivity contribution in [1.82, 2.24) is 35.4 Å². The van der Waals surface area contributed by atoms with Gasteiger partial charge in [0.2, 0.25) is 11.8 Å². The first kappa shape index (κ1) is 22.4. The lowest BCUT2D eigenvalue weighted by molar-refractivity contribution is -0.136. The van der Waals surface area contributed by atoms with Crippen LogP contribution < -0.4 is 20.7 Å². The number of carbonyl (C=O) groups is 3. The van der Waals surface area contributed by atoms with E-state index in [0.717, 1.165) is 12.8 Å². The maximum atomic E-state index is 12.8. The number of nitrogens with one attached hydrogen (secondary N) is 3. The molecule has 1 aliphatic carbocycles. The normalized spacial score (nSPS) is 16.4. The standard InChI is InChI=1S/C25H29N9O5/c1-26-25(37)22-18(12-20(30-31-22)29-24(36)15-6-7-15)28-17-5-3-4-16(23(17)38-2)19-13-27-34(32-19)14-21(35)33-8-10-39-11-9-33/h3-5,12-13,15H,6-11,14H2,1-2H3,(H,26,37)(H2,28,29,30,36)/i1D3. The summed E-state index contributed by atoms with van der Waals surface area (Å²) in [4.78, 5) is 40.7. The third kappa shape index (κ3) is 5.95. The maximum Gasteiger partial charge on any atom is 0.273 e. The number of benzene rings is 1. The van der Waals surface area contributed by atoms with E-state index in [0.29, 0.717) is 49.0 Å². The van der Waals surface area contributed by atoms with Crippen molar-refractivity contribution >= 4 is 34.9 Å². The molecule has 2 aromatic heterocycles. The fourth-order valence-corrected chi connectivity index (χ4v) is 4.08. The lowest BCUT2D eigenvalue weighted by Gasteiger charge is -2.26. The van der Waals surface area contributed by atoms with Gasteiger partial charge >= 0.3 is 0 Å². The van der Waals surface area contributed by atoms with Crippen LogP contribution in [0.15, 0.2) is 30.5 Å². The Morgan fingerprint density at radius 3 is 2.74 bits per heavy atom. The zero-order valence-corrected chi connectivity index (χ0v) is 21.1. The van der Waals surface area contributed by atoms with Gasteiger partial charge in [0.25, 0.3) is 5.91 Å². The van der Waals surface area contributed by atoms with Crippen LogP contribution in [0.5, 0.6) is 5.75 Å². The molecule has 0 atom stereocenters. The number of para-hydroxylation sites is 1. The molecule has 3 N–H and O–H groups in total. The van der Waals surface area contributed by atoms with Crippen LogP contribution in [0.1, 0.15) is 27.4 Å². The molecule has 39 heavy (non-hydrogen) atoms. The number of hydrogen-bond acceptors (Lipinski definition) is 10. The molecule has 1 aliphatic heterocycles. The average molecular weight is 539 g/mol. The van der Waals surface area contributed by atoms with Gasteiger partial charge in [-0.1, -0.05) is 6.07 Å². The van der Waals surface area contributed by atoms with Crippen LogP contribution in [0.4, 0.5) is 17.2 Å². The van der Waals surface area contributed by atoms with Crippen LogP contribution in [0, 0.1) is 5.92 Å². The van der Waals surface area contributed by atoms with Crippen molar-refractivity contribution in [1.29, 1.82) is 0 Å². The lowest BCUT2D eigenvalue weighted by atomic mass is 10.1. The van der Waals surface area contributed by atoms with Crippen molar-refractivity contribution < 1.29 is 28.0 Å². The van der Waals surface area contributed by atoms with E-state index in [9.17, 15) is 14.4 Å². The van der Waals surface area contributed by atoms with Crippen molar-refractivity contribution in [2.45, 2.75) is 19.4 Å². The Morgan fingerprint density at radius 1 is 1.18 bits per heavy atom. The fourth-order valence-electron chi connectivity index (χ4n) is 4.08. The molecule has 0 unspecified atom stereocenters. The van der Waals surface area contributed by atoms with Gasteiger partial charge in [-0.3, -0.25) is 14.4 Å². The highest BCUT2D eigenvalue weighted by Crippen LogP contribution is 2.37. The van der Waals surface area contributed by atoms with E-state index >= 15 is 0 Å². The van der Waals surface area contributed by atoms with Crippen molar-refractivity contribution in [3.05, 3.63) is 36.2 Å². The molecule has 1 saturated heterocycles. The minimum atomic E-state index is -2.76. The molecule has 0 bridgehead atoms. The SMILES string of the molecule is [2H]C([2H])([2H])NC(=O)c1nnc(NC(=O)C2CC2)cc1Nc1cccc(-c2cnn(CC(=O)N3CCOCC3)n2)c1OC. The molecule has 2 aliphatic rings. The largest absolute Gasteiger partial charge is 0.494 e. The Bertz CT molecular complexity index is 1490. The van der Waals surface area contributed by atoms with E-state index < -0.39 is 12.9 Å². The van der Waals surface area contributed by atoms with Gasteiger partial charge in [0.1, 0.15) is 12.2 Å². The molecule has 14 nitrogen and oxygen atoms in total. The van der Waals surface area contributed by atoms with Crippen LogP contribution >= 0.6 is 0 Å². The van der Waals surface area contributed by atoms with E-state index in [1.54, 1.807) is 23.1 Å². The summed E-state index contributed by atoms with van der Waals surface area (Å²) in [5.74, 6) is -1.02. The van der Waals surface area contributed by atoms with Gasteiger partial charge in [0.05, 0.1) is 37.9 Å². The summed E-state index contributed by atoms with van der Waals surface area (Å²) < 4.78 is 33.2. The number of anilines is 3. The number of hydrogen-bond donors (Lipinski definition) is 3. The third-order valence-electron chi connectivity index (χ3n) is 6.26. The van der Waals surface area contributed by atoms with Crippen LogP contribution in [0.3, 0.4) is 0 Å². The molecule has 0 radical (unpaired) electrons. The van der Waals surface area contributed by atoms with E-state index in [1.807, 2.05) is 5.32 Å². The van der Waals surface area contributed by atoms with Crippen molar-refractivity contribution in [2.75, 3.05) is 51.0 Å². The monoisotopic (exact) mass is 538 g/mol. The first-order chi connectivity index (χ1) is 20.1. The van der Waals surface area contributed by atoms with E-state index in [2.05, 4.69) is 31.0 Å². The predicted octanol–water partition coefficient (Wildman–Crippen LogP) is 1.05. The minimum Gasteiger partial charge on any atom is -0.494 e. The second kappa shape index (κ2) is 11.4. The summed E-state index contributed by atoms with van der Waals surface area (Å²) in [7, 11) is 1.45. The number of amides is 3. The highest BCUT2D eigenvalue weighted by atomic mass is 16.5. The average Bonchev–Trinajstić information content (AvgIpc) is 3.71. The Kier molecular flexibility index (Phi) is 6.56. The highest BCUT2D eigenvalue weighted by Gasteiger charge is 2.30. The highest BCUT2D eigenvalue weighted by molar-refractivity contribution is 6.00. The van der Waals surface area contributed by atoms with Crippen LogP contribution in [-0.4, -0.2) is 88.2 Å². The van der Waals surface area contributed by atoms with Crippen molar-refractivity contribution in [3.8, 4) is 17.0 Å². The Morgan fingerprint density at radius 2 is 2.00 bits per heavy atom. The topological polar surface area (TPSA) is 165 Å². The second-order valence-corrected chi connectivity index (χ2v) is 8.97. The molecule has 3 heterocycles. The predicted molar refractivity (Wildman–Crippen MR) is 139 cm³/mol. The third-order valence-corrected chi connectivity index (χ3v) is 6.26. The Balaban J connectivity index is 1.42. The summed E-state index contributed by atoms with van der Waals surface area (Å²) in [6, 6.07) is 6.52. The molecule has 204 valence electrons. The molecule has 3 aromatic rings. The van der Waals surface area contributed by atoms with E-state index in [1.165, 1.54) is 24.2 Å². The molecule has 5 rings (SSSR count). The number of carbonyl (C=O) groups excluding carboxylic acids is 3. The van der Waals surface area contributed by atoms with Gasteiger partial charge in [-0.25, -0.2) is 0 Å². The molecule has 14 heteroatoms. The van der Waals surface area contributed by atoms with Gasteiger partial charge < -0.3 is 30.3 Å². The van der Waals surface area contributed by atoms with Crippen LogP contribution in [0.2, 0.25) is 0 Å². The van der Waals surface area contributed by atoms with Crippen LogP contribution in [-0.2, 0) is 20.9 Å². The maximum absolute atomic E-state index is 12.8. The number of ether oxygens (including phenoxy) is 2. The number of methoxy groups -OCH3 is 1. The second-order valence-electron chi connectivity index (χ2n) is 8.97. The van der Waals surface area contributed by atoms with E-state index in [-0.39, 0.29) is 41.5 Å². The van der Waals surface area contributed by atoms with Gasteiger partial charge in [-0.15, -0.1) is 10.2 Å². The summed E-state index contributed by atoms with van der Waals surface area (Å²) >= 11 is 0. The first-order valence-electron chi connectivity index (χ1n) is 13.8. The summed E-state index contributed by atoms with van der Waals surface area (Å²) in [6.07, 6.45) is 3.06. The van der Waals surface area contributed by atoms with Crippen molar-refractivity contribution in [2.24, 2.45) is 5.92 Å². The van der Waals surface area contributed by atoms with Gasteiger partial charge in [-0.05, 0) is 25.0 Å². The van der Waals surface area contributed by atoms with Crippen molar-refractivity contribution in [3.63, 3.8) is 0 Å². The number of nitrogens with zero attached hydrogens (tertiary/aromatic N) is 6. The minimum absolute atomic E-state index is 0.0414. The summed E-state index contributed by atoms with van der Waals surface area (Å²) in [6.45, 7) is -0.807. The molecular formula is C25H29N9O5. The van der Waals surface area contributed by atoms with E-state index in [4.69, 9.17) is 13.6 Å². The fraction of sp³-hybridized carbons (Fsp3) is 0.400. The number of morpholine rings is 1. The Labute approximate surface area is 228 Å². The van der Waals surface area contributed by atoms with Gasteiger partial charge in [0.15, 0.2) is 17.3 Å². The molecule has 1 saturated carbocycles. The van der Waals surface area contributed by atoms with Crippen LogP contribution in [0.25, 0.3) is 11.3 Å². The number of rotatable bonds is 9. The molecule has 1 aromatic carbocycles. The van der Waals surface area contributed by atoms with Gasteiger partial charge in [-0.2, -0.15) is 15.0 Å². The summed E-state index contributed by atoms with van der Waals surface area (Å²) in [5, 5.41) is 24.1. The quantitative estimate of drug-likeness (QED) is 0.358. The Hall–Kier alpha value is -4.59. The zero-order valence-electron chi connectivity index (χ0n) is 24.1. The summed E-state index contributed by atoms with van der Waals surface area (Å²) in [5.41, 5.74) is 1.11. The molecule has 3 amide bonds. The smallest absolute Gasteiger partial charge is 0.273 e. The number of aromatic nitrogens is 5. The first-order valence-corrected chi connectivity index (χ1v) is 12.3. The lowest BCUT2D eigenvalue weighted by Crippen LogP contribution is -2.42. The molecule has 2 fully saturated rings.